The number of aromatic nitrogens is 1. The minimum absolute atomic E-state index is 1.02. The zero-order valence-corrected chi connectivity index (χ0v) is 16.5. The summed E-state index contributed by atoms with van der Waals surface area (Å²) in [5.41, 5.74) is 6.18. The molecule has 0 atom stereocenters. The summed E-state index contributed by atoms with van der Waals surface area (Å²) in [4.78, 5) is 7.64. The van der Waals surface area contributed by atoms with Gasteiger partial charge in [0.05, 0.1) is 17.1 Å². The highest BCUT2D eigenvalue weighted by Gasteiger charge is 2.18. The maximum Gasteiger partial charge on any atom is 0.0787 e. The first-order chi connectivity index (χ1) is 12.7. The minimum Gasteiger partial charge on any atom is -0.370 e. The number of rotatable bonds is 7. The third kappa shape index (κ3) is 3.46. The third-order valence-corrected chi connectivity index (χ3v) is 5.02. The average Bonchev–Trinajstić information content (AvgIpc) is 2.67. The Hall–Kier alpha value is -2.35. The second-order valence-corrected chi connectivity index (χ2v) is 6.94. The fraction of sp³-hybridized carbons (Fsp3) is 0.375. The number of anilines is 1. The van der Waals surface area contributed by atoms with Gasteiger partial charge in [-0.2, -0.15) is 0 Å². The lowest BCUT2D eigenvalue weighted by Crippen LogP contribution is -2.26. The molecule has 0 unspecified atom stereocenters. The highest BCUT2D eigenvalue weighted by Crippen LogP contribution is 2.37. The van der Waals surface area contributed by atoms with Gasteiger partial charge >= 0.3 is 0 Å². The Kier molecular flexibility index (Phi) is 5.92. The van der Waals surface area contributed by atoms with Crippen molar-refractivity contribution < 1.29 is 0 Å². The third-order valence-electron chi connectivity index (χ3n) is 5.02. The lowest BCUT2D eigenvalue weighted by molar-refractivity contribution is 0.743. The highest BCUT2D eigenvalue weighted by molar-refractivity contribution is 6.03. The van der Waals surface area contributed by atoms with Crippen molar-refractivity contribution in [1.82, 2.24) is 4.98 Å². The molecule has 1 heterocycles. The number of pyridine rings is 1. The van der Waals surface area contributed by atoms with E-state index in [2.05, 4.69) is 81.1 Å². The van der Waals surface area contributed by atoms with Crippen LogP contribution >= 0.6 is 0 Å². The van der Waals surface area contributed by atoms with Crippen LogP contribution in [0.15, 0.2) is 48.5 Å². The number of aryl methyl sites for hydroxylation is 2. The Bertz CT molecular complexity index is 877. The van der Waals surface area contributed by atoms with Crippen molar-refractivity contribution in [2.24, 2.45) is 0 Å². The van der Waals surface area contributed by atoms with Crippen molar-refractivity contribution in [3.8, 4) is 11.3 Å². The molecular weight excluding hydrogens is 316 g/mol. The number of hydrogen-bond donors (Lipinski definition) is 0. The molecule has 0 spiro atoms. The van der Waals surface area contributed by atoms with E-state index in [1.807, 2.05) is 0 Å². The fourth-order valence-corrected chi connectivity index (χ4v) is 3.91. The molecule has 3 rings (SSSR count). The molecule has 26 heavy (non-hydrogen) atoms. The van der Waals surface area contributed by atoms with Gasteiger partial charge in [0, 0.05) is 29.4 Å². The van der Waals surface area contributed by atoms with E-state index in [1.54, 1.807) is 0 Å². The number of hydrogen-bond acceptors (Lipinski definition) is 2. The molecule has 136 valence electrons. The first kappa shape index (κ1) is 18.4. The van der Waals surface area contributed by atoms with Crippen LogP contribution in [-0.2, 0) is 6.42 Å². The molecule has 0 aliphatic carbocycles. The summed E-state index contributed by atoms with van der Waals surface area (Å²) in [5.74, 6) is 0. The van der Waals surface area contributed by atoms with Crippen LogP contribution in [0.3, 0.4) is 0 Å². The predicted molar refractivity (Wildman–Crippen MR) is 114 cm³/mol. The van der Waals surface area contributed by atoms with Crippen molar-refractivity contribution >= 4 is 16.5 Å². The van der Waals surface area contributed by atoms with Crippen molar-refractivity contribution in [3.05, 3.63) is 59.8 Å². The van der Waals surface area contributed by atoms with E-state index in [1.165, 1.54) is 27.6 Å². The smallest absolute Gasteiger partial charge is 0.0787 e. The first-order valence-electron chi connectivity index (χ1n) is 9.93. The molecule has 0 radical (unpaired) electrons. The molecule has 2 nitrogen and oxygen atoms in total. The van der Waals surface area contributed by atoms with E-state index in [-0.39, 0.29) is 0 Å². The van der Waals surface area contributed by atoms with Gasteiger partial charge in [-0.05, 0) is 31.7 Å². The van der Waals surface area contributed by atoms with Crippen LogP contribution in [0.25, 0.3) is 22.0 Å². The molecule has 0 fully saturated rings. The monoisotopic (exact) mass is 346 g/mol. The topological polar surface area (TPSA) is 16.1 Å². The number of benzene rings is 2. The Labute approximate surface area is 157 Å². The molecule has 2 aromatic carbocycles. The van der Waals surface area contributed by atoms with Crippen molar-refractivity contribution in [1.29, 1.82) is 0 Å². The van der Waals surface area contributed by atoms with E-state index < -0.39 is 0 Å². The van der Waals surface area contributed by atoms with Crippen LogP contribution in [0, 0.1) is 6.92 Å². The van der Waals surface area contributed by atoms with E-state index in [4.69, 9.17) is 4.98 Å². The average molecular weight is 347 g/mol. The molecule has 0 aliphatic heterocycles. The van der Waals surface area contributed by atoms with Gasteiger partial charge in [-0.15, -0.1) is 0 Å². The Morgan fingerprint density at radius 2 is 1.42 bits per heavy atom. The predicted octanol–water partition coefficient (Wildman–Crippen LogP) is 6.40. The van der Waals surface area contributed by atoms with E-state index in [0.29, 0.717) is 0 Å². The molecule has 2 heteroatoms. The van der Waals surface area contributed by atoms with E-state index in [9.17, 15) is 0 Å². The Morgan fingerprint density at radius 1 is 0.808 bits per heavy atom. The van der Waals surface area contributed by atoms with Crippen LogP contribution in [0.5, 0.6) is 0 Å². The molecule has 0 saturated carbocycles. The van der Waals surface area contributed by atoms with Gasteiger partial charge in [-0.3, -0.25) is 4.98 Å². The summed E-state index contributed by atoms with van der Waals surface area (Å²) in [7, 11) is 0. The first-order valence-corrected chi connectivity index (χ1v) is 9.93. The van der Waals surface area contributed by atoms with Crippen LogP contribution in [0.1, 0.15) is 44.9 Å². The second-order valence-electron chi connectivity index (χ2n) is 6.94. The van der Waals surface area contributed by atoms with Gasteiger partial charge in [-0.25, -0.2) is 0 Å². The van der Waals surface area contributed by atoms with Crippen LogP contribution in [0.4, 0.5) is 5.69 Å². The minimum atomic E-state index is 1.02. The van der Waals surface area contributed by atoms with Gasteiger partial charge in [0.25, 0.3) is 0 Å². The van der Waals surface area contributed by atoms with Crippen LogP contribution < -0.4 is 4.90 Å². The SMILES string of the molecule is CCCN(CCC)c1c(C)nc(-c2ccccc2CC)c2ccccc12. The van der Waals surface area contributed by atoms with Gasteiger partial charge < -0.3 is 4.90 Å². The van der Waals surface area contributed by atoms with E-state index in [0.717, 1.165) is 43.7 Å². The standard InChI is InChI=1S/C24H30N2/c1-5-16-26(17-6-2)24-18(4)25-23(21-14-10-11-15-22(21)24)20-13-9-8-12-19(20)7-3/h8-15H,5-7,16-17H2,1-4H3. The summed E-state index contributed by atoms with van der Waals surface area (Å²) in [6, 6.07) is 17.4. The van der Waals surface area contributed by atoms with Crippen LogP contribution in [-0.4, -0.2) is 18.1 Å². The van der Waals surface area contributed by atoms with Gasteiger partial charge in [0.15, 0.2) is 0 Å². The highest BCUT2D eigenvalue weighted by atomic mass is 15.1. The van der Waals surface area contributed by atoms with Gasteiger partial charge in [0.2, 0.25) is 0 Å². The molecule has 0 N–H and O–H groups in total. The summed E-state index contributed by atoms with van der Waals surface area (Å²) >= 11 is 0. The fourth-order valence-electron chi connectivity index (χ4n) is 3.91. The lowest BCUT2D eigenvalue weighted by Gasteiger charge is -2.27. The lowest BCUT2D eigenvalue weighted by atomic mass is 9.96. The summed E-state index contributed by atoms with van der Waals surface area (Å²) in [6.07, 6.45) is 3.31. The molecule has 3 aromatic rings. The summed E-state index contributed by atoms with van der Waals surface area (Å²) in [6.45, 7) is 11.0. The molecule has 0 saturated heterocycles. The molecule has 0 amide bonds. The molecule has 0 aliphatic rings. The summed E-state index contributed by atoms with van der Waals surface area (Å²) < 4.78 is 0. The largest absolute Gasteiger partial charge is 0.370 e. The normalized spacial score (nSPS) is 11.1. The van der Waals surface area contributed by atoms with Crippen molar-refractivity contribution in [2.75, 3.05) is 18.0 Å². The quantitative estimate of drug-likeness (QED) is 0.492. The molecular formula is C24H30N2. The zero-order chi connectivity index (χ0) is 18.5. The van der Waals surface area contributed by atoms with Crippen LogP contribution in [0.2, 0.25) is 0 Å². The number of nitrogens with zero attached hydrogens (tertiary/aromatic N) is 2. The second kappa shape index (κ2) is 8.35. The Balaban J connectivity index is 2.28. The van der Waals surface area contributed by atoms with Crippen molar-refractivity contribution in [3.63, 3.8) is 0 Å². The molecule has 0 bridgehead atoms. The maximum atomic E-state index is 5.12. The van der Waals surface area contributed by atoms with Gasteiger partial charge in [0.1, 0.15) is 0 Å². The maximum absolute atomic E-state index is 5.12. The van der Waals surface area contributed by atoms with Gasteiger partial charge in [-0.1, -0.05) is 69.3 Å². The number of fused-ring (bicyclic) bond motifs is 1. The molecule has 1 aromatic heterocycles. The zero-order valence-electron chi connectivity index (χ0n) is 16.5. The van der Waals surface area contributed by atoms with E-state index >= 15 is 0 Å². The Morgan fingerprint density at radius 3 is 2.08 bits per heavy atom. The summed E-state index contributed by atoms with van der Waals surface area (Å²) in [5, 5.41) is 2.58. The van der Waals surface area contributed by atoms with Crippen molar-refractivity contribution in [2.45, 2.75) is 47.0 Å².